The lowest BCUT2D eigenvalue weighted by Gasteiger charge is -2.18. The van der Waals surface area contributed by atoms with Crippen molar-refractivity contribution in [3.8, 4) is 0 Å². The molecular weight excluding hydrogens is 216 g/mol. The first-order valence-corrected chi connectivity index (χ1v) is 4.93. The summed E-state index contributed by atoms with van der Waals surface area (Å²) in [6.45, 7) is 1.11. The first-order valence-electron chi connectivity index (χ1n) is 4.93. The number of carbonyl (C=O) groups is 3. The van der Waals surface area contributed by atoms with E-state index in [-0.39, 0.29) is 0 Å². The first kappa shape index (κ1) is 14.2. The molecule has 0 aromatic heterocycles. The molecule has 0 aliphatic heterocycles. The van der Waals surface area contributed by atoms with Crippen LogP contribution in [0, 0.1) is 0 Å². The maximum atomic E-state index is 11.4. The number of nitrogens with one attached hydrogen (secondary N) is 1. The van der Waals surface area contributed by atoms with Gasteiger partial charge in [-0.15, -0.1) is 0 Å². The Labute approximate surface area is 93.0 Å². The fraction of sp³-hybridized carbons (Fsp3) is 0.667. The van der Waals surface area contributed by atoms with Crippen LogP contribution in [0.4, 0.5) is 4.79 Å². The van der Waals surface area contributed by atoms with Gasteiger partial charge in [-0.1, -0.05) is 13.3 Å². The Bertz CT molecular complexity index is 251. The van der Waals surface area contributed by atoms with Crippen LogP contribution in [0.2, 0.25) is 0 Å². The lowest BCUT2D eigenvalue weighted by molar-refractivity contribution is -0.140. The van der Waals surface area contributed by atoms with Crippen LogP contribution < -0.4 is 5.32 Å². The number of amides is 2. The second-order valence-corrected chi connectivity index (χ2v) is 3.23. The molecule has 0 aromatic carbocycles. The van der Waals surface area contributed by atoms with Crippen LogP contribution in [0.3, 0.4) is 0 Å². The van der Waals surface area contributed by atoms with Crippen molar-refractivity contribution in [1.82, 2.24) is 10.2 Å². The van der Waals surface area contributed by atoms with Crippen LogP contribution in [-0.4, -0.2) is 52.7 Å². The van der Waals surface area contributed by atoms with Gasteiger partial charge in [-0.3, -0.25) is 9.59 Å². The van der Waals surface area contributed by atoms with E-state index in [1.165, 1.54) is 0 Å². The van der Waals surface area contributed by atoms with Crippen molar-refractivity contribution in [2.45, 2.75) is 19.8 Å². The van der Waals surface area contributed by atoms with Crippen molar-refractivity contribution >= 4 is 18.0 Å². The minimum absolute atomic E-state index is 0.408. The number of aliphatic carboxylic acids is 2. The molecule has 2 amide bonds. The van der Waals surface area contributed by atoms with Crippen LogP contribution in [0.5, 0.6) is 0 Å². The van der Waals surface area contributed by atoms with Gasteiger partial charge in [-0.05, 0) is 6.42 Å². The van der Waals surface area contributed by atoms with E-state index in [4.69, 9.17) is 10.2 Å². The number of hydrogen-bond acceptors (Lipinski definition) is 3. The highest BCUT2D eigenvalue weighted by Crippen LogP contribution is 1.91. The zero-order chi connectivity index (χ0) is 12.6. The van der Waals surface area contributed by atoms with E-state index < -0.39 is 31.1 Å². The van der Waals surface area contributed by atoms with E-state index in [9.17, 15) is 14.4 Å². The number of hydrogen-bond donors (Lipinski definition) is 3. The molecule has 92 valence electrons. The average Bonchev–Trinajstić information content (AvgIpc) is 2.15. The standard InChI is InChI=1S/C9H16N2O5/c1-2-3-4-10-9(16)11(5-7(12)13)6-8(14)15/h2-6H2,1H3,(H,10,16)(H,12,13)(H,14,15). The molecule has 0 aliphatic carbocycles. The van der Waals surface area contributed by atoms with Gasteiger partial charge in [0.1, 0.15) is 13.1 Å². The van der Waals surface area contributed by atoms with E-state index in [0.29, 0.717) is 6.54 Å². The summed E-state index contributed by atoms with van der Waals surface area (Å²) in [5, 5.41) is 19.5. The summed E-state index contributed by atoms with van der Waals surface area (Å²) >= 11 is 0. The fourth-order valence-electron chi connectivity index (χ4n) is 1.01. The summed E-state index contributed by atoms with van der Waals surface area (Å²) in [6, 6.07) is -0.668. The van der Waals surface area contributed by atoms with Crippen LogP contribution in [0.1, 0.15) is 19.8 Å². The number of urea groups is 1. The highest BCUT2D eigenvalue weighted by molar-refractivity contribution is 5.84. The average molecular weight is 232 g/mol. The molecule has 0 saturated carbocycles. The third-order valence-corrected chi connectivity index (χ3v) is 1.75. The number of rotatable bonds is 7. The van der Waals surface area contributed by atoms with Crippen molar-refractivity contribution in [2.75, 3.05) is 19.6 Å². The Balaban J connectivity index is 4.20. The molecule has 0 fully saturated rings. The smallest absolute Gasteiger partial charge is 0.323 e. The van der Waals surface area contributed by atoms with E-state index in [1.54, 1.807) is 0 Å². The van der Waals surface area contributed by atoms with Gasteiger partial charge in [0.05, 0.1) is 0 Å². The first-order chi connectivity index (χ1) is 7.47. The summed E-state index contributed by atoms with van der Waals surface area (Å²) in [4.78, 5) is 32.9. The van der Waals surface area contributed by atoms with E-state index in [2.05, 4.69) is 5.32 Å². The Morgan fingerprint density at radius 2 is 1.62 bits per heavy atom. The second kappa shape index (κ2) is 7.49. The van der Waals surface area contributed by atoms with Crippen molar-refractivity contribution in [2.24, 2.45) is 0 Å². The molecule has 0 unspecified atom stereocenters. The van der Waals surface area contributed by atoms with Gasteiger partial charge in [-0.2, -0.15) is 0 Å². The SMILES string of the molecule is CCCCNC(=O)N(CC(=O)O)CC(=O)O. The van der Waals surface area contributed by atoms with Gasteiger partial charge in [-0.25, -0.2) is 4.79 Å². The van der Waals surface area contributed by atoms with E-state index >= 15 is 0 Å². The summed E-state index contributed by atoms with van der Waals surface area (Å²) in [7, 11) is 0. The zero-order valence-electron chi connectivity index (χ0n) is 9.10. The minimum Gasteiger partial charge on any atom is -0.480 e. The Morgan fingerprint density at radius 3 is 2.00 bits per heavy atom. The summed E-state index contributed by atoms with van der Waals surface area (Å²) < 4.78 is 0. The van der Waals surface area contributed by atoms with Crippen LogP contribution >= 0.6 is 0 Å². The quantitative estimate of drug-likeness (QED) is 0.534. The number of carbonyl (C=O) groups excluding carboxylic acids is 1. The maximum absolute atomic E-state index is 11.4. The topological polar surface area (TPSA) is 107 Å². The lowest BCUT2D eigenvalue weighted by Crippen LogP contribution is -2.45. The minimum atomic E-state index is -1.24. The Hall–Kier alpha value is -1.79. The van der Waals surface area contributed by atoms with Gasteiger partial charge in [0, 0.05) is 6.54 Å². The summed E-state index contributed by atoms with van der Waals surface area (Å²) in [6.07, 6.45) is 1.65. The normalized spacial score (nSPS) is 9.56. The van der Waals surface area contributed by atoms with Crippen molar-refractivity contribution in [3.05, 3.63) is 0 Å². The third-order valence-electron chi connectivity index (χ3n) is 1.75. The van der Waals surface area contributed by atoms with Gasteiger partial charge >= 0.3 is 18.0 Å². The second-order valence-electron chi connectivity index (χ2n) is 3.23. The number of carboxylic acid groups (broad SMARTS) is 2. The molecule has 0 saturated heterocycles. The van der Waals surface area contributed by atoms with Gasteiger partial charge in [0.25, 0.3) is 0 Å². The zero-order valence-corrected chi connectivity index (χ0v) is 9.10. The number of nitrogens with zero attached hydrogens (tertiary/aromatic N) is 1. The fourth-order valence-corrected chi connectivity index (χ4v) is 1.01. The molecule has 0 rings (SSSR count). The largest absolute Gasteiger partial charge is 0.480 e. The van der Waals surface area contributed by atoms with Crippen molar-refractivity contribution in [3.63, 3.8) is 0 Å². The molecule has 7 nitrogen and oxygen atoms in total. The Morgan fingerprint density at radius 1 is 1.12 bits per heavy atom. The number of carboxylic acids is 2. The molecule has 7 heteroatoms. The van der Waals surface area contributed by atoms with Crippen LogP contribution in [0.25, 0.3) is 0 Å². The molecule has 0 spiro atoms. The molecule has 0 atom stereocenters. The highest BCUT2D eigenvalue weighted by Gasteiger charge is 2.18. The Kier molecular flexibility index (Phi) is 6.66. The van der Waals surface area contributed by atoms with Gasteiger partial charge in [0.2, 0.25) is 0 Å². The molecular formula is C9H16N2O5. The molecule has 0 aromatic rings. The molecule has 3 N–H and O–H groups in total. The lowest BCUT2D eigenvalue weighted by atomic mass is 10.3. The highest BCUT2D eigenvalue weighted by atomic mass is 16.4. The summed E-state index contributed by atoms with van der Waals surface area (Å²) in [5.41, 5.74) is 0. The predicted molar refractivity (Wildman–Crippen MR) is 55.2 cm³/mol. The van der Waals surface area contributed by atoms with Gasteiger partial charge in [0.15, 0.2) is 0 Å². The van der Waals surface area contributed by atoms with Crippen molar-refractivity contribution in [1.29, 1.82) is 0 Å². The summed E-state index contributed by atoms with van der Waals surface area (Å²) in [5.74, 6) is -2.49. The molecule has 0 aliphatic rings. The molecule has 0 bridgehead atoms. The molecule has 0 radical (unpaired) electrons. The maximum Gasteiger partial charge on any atom is 0.323 e. The monoisotopic (exact) mass is 232 g/mol. The predicted octanol–water partition coefficient (Wildman–Crippen LogP) is -0.0327. The van der Waals surface area contributed by atoms with Crippen LogP contribution in [0.15, 0.2) is 0 Å². The van der Waals surface area contributed by atoms with E-state index in [0.717, 1.165) is 17.7 Å². The third kappa shape index (κ3) is 6.63. The molecule has 0 heterocycles. The van der Waals surface area contributed by atoms with Gasteiger partial charge < -0.3 is 20.4 Å². The van der Waals surface area contributed by atoms with E-state index in [1.807, 2.05) is 6.92 Å². The van der Waals surface area contributed by atoms with Crippen LogP contribution in [-0.2, 0) is 9.59 Å². The molecule has 16 heavy (non-hydrogen) atoms. The number of unbranched alkanes of at least 4 members (excludes halogenated alkanes) is 1. The van der Waals surface area contributed by atoms with Crippen molar-refractivity contribution < 1.29 is 24.6 Å².